The standard InChI is InChI=1S/C28H25F6N5O/c1-16-13-39(14-17(2)40-16)15-24-37-23-12-18(25-22(28(32,33)34)4-3-11-35-25)5-10-21(23)26(38-24)36-20-8-6-19(7-9-20)27(29,30)31/h3-12,16-17H,13-15H2,1-2H3,(H,36,37,38)/t16-,17-/m1/s1. The third-order valence-electron chi connectivity index (χ3n) is 6.46. The second kappa shape index (κ2) is 10.7. The van der Waals surface area contributed by atoms with Crippen molar-refractivity contribution >= 4 is 22.4 Å². The van der Waals surface area contributed by atoms with Crippen molar-refractivity contribution < 1.29 is 31.1 Å². The van der Waals surface area contributed by atoms with Crippen LogP contribution in [0.15, 0.2) is 60.8 Å². The molecule has 1 saturated heterocycles. The van der Waals surface area contributed by atoms with E-state index in [2.05, 4.69) is 25.2 Å². The molecular weight excluding hydrogens is 536 g/mol. The lowest BCUT2D eigenvalue weighted by Gasteiger charge is -2.34. The maximum absolute atomic E-state index is 13.7. The molecule has 1 fully saturated rings. The van der Waals surface area contributed by atoms with E-state index in [9.17, 15) is 26.3 Å². The molecule has 0 aliphatic carbocycles. The number of nitrogens with one attached hydrogen (secondary N) is 1. The molecule has 2 aromatic carbocycles. The SMILES string of the molecule is C[C@@H]1CN(Cc2nc(Nc3ccc(C(F)(F)F)cc3)c3ccc(-c4ncccc4C(F)(F)F)cc3n2)C[C@@H](C)O1. The maximum Gasteiger partial charge on any atom is 0.418 e. The summed E-state index contributed by atoms with van der Waals surface area (Å²) in [5, 5.41) is 3.55. The van der Waals surface area contributed by atoms with Gasteiger partial charge in [-0.15, -0.1) is 0 Å². The van der Waals surface area contributed by atoms with Gasteiger partial charge < -0.3 is 10.1 Å². The molecule has 40 heavy (non-hydrogen) atoms. The number of anilines is 2. The summed E-state index contributed by atoms with van der Waals surface area (Å²) >= 11 is 0. The van der Waals surface area contributed by atoms with Gasteiger partial charge in [0.15, 0.2) is 0 Å². The molecule has 210 valence electrons. The molecule has 2 aromatic heterocycles. The van der Waals surface area contributed by atoms with E-state index in [1.54, 1.807) is 6.07 Å². The van der Waals surface area contributed by atoms with Crippen LogP contribution < -0.4 is 5.32 Å². The summed E-state index contributed by atoms with van der Waals surface area (Å²) in [5.74, 6) is 0.718. The Morgan fingerprint density at radius 1 is 0.900 bits per heavy atom. The van der Waals surface area contributed by atoms with E-state index in [-0.39, 0.29) is 23.5 Å². The lowest BCUT2D eigenvalue weighted by Crippen LogP contribution is -2.45. The second-order valence-electron chi connectivity index (χ2n) is 9.77. The highest BCUT2D eigenvalue weighted by Gasteiger charge is 2.34. The molecule has 0 saturated carbocycles. The minimum atomic E-state index is -4.60. The van der Waals surface area contributed by atoms with Crippen molar-refractivity contribution in [2.75, 3.05) is 18.4 Å². The van der Waals surface area contributed by atoms with Crippen LogP contribution in [0.5, 0.6) is 0 Å². The molecule has 0 spiro atoms. The fourth-order valence-corrected chi connectivity index (χ4v) is 4.85. The number of halogens is 6. The lowest BCUT2D eigenvalue weighted by atomic mass is 10.0. The molecule has 0 radical (unpaired) electrons. The smallest absolute Gasteiger partial charge is 0.373 e. The van der Waals surface area contributed by atoms with Crippen LogP contribution in [-0.2, 0) is 23.6 Å². The zero-order valence-corrected chi connectivity index (χ0v) is 21.5. The summed E-state index contributed by atoms with van der Waals surface area (Å²) in [4.78, 5) is 15.4. The van der Waals surface area contributed by atoms with Crippen molar-refractivity contribution in [1.82, 2.24) is 19.9 Å². The molecule has 1 aliphatic heterocycles. The van der Waals surface area contributed by atoms with Crippen molar-refractivity contribution in [3.8, 4) is 11.3 Å². The van der Waals surface area contributed by atoms with E-state index < -0.39 is 23.5 Å². The van der Waals surface area contributed by atoms with Gasteiger partial charge in [0.25, 0.3) is 0 Å². The number of ether oxygens (including phenoxy) is 1. The van der Waals surface area contributed by atoms with Crippen LogP contribution in [0.25, 0.3) is 22.2 Å². The maximum atomic E-state index is 13.7. The highest BCUT2D eigenvalue weighted by atomic mass is 19.4. The Kier molecular flexibility index (Phi) is 7.40. The zero-order valence-electron chi connectivity index (χ0n) is 21.5. The number of morpholine rings is 1. The zero-order chi connectivity index (χ0) is 28.7. The lowest BCUT2D eigenvalue weighted by molar-refractivity contribution is -0.138. The first-order valence-electron chi connectivity index (χ1n) is 12.5. The Morgan fingerprint density at radius 3 is 2.25 bits per heavy atom. The molecule has 2 atom stereocenters. The quantitative estimate of drug-likeness (QED) is 0.263. The molecule has 1 aliphatic rings. The highest BCUT2D eigenvalue weighted by molar-refractivity contribution is 5.93. The van der Waals surface area contributed by atoms with E-state index in [0.29, 0.717) is 47.9 Å². The van der Waals surface area contributed by atoms with Crippen LogP contribution in [0.4, 0.5) is 37.8 Å². The summed E-state index contributed by atoms with van der Waals surface area (Å²) in [6, 6.07) is 11.3. The number of aromatic nitrogens is 3. The van der Waals surface area contributed by atoms with E-state index >= 15 is 0 Å². The molecule has 0 bridgehead atoms. The van der Waals surface area contributed by atoms with E-state index in [0.717, 1.165) is 18.2 Å². The van der Waals surface area contributed by atoms with Crippen molar-refractivity contribution in [2.24, 2.45) is 0 Å². The second-order valence-corrected chi connectivity index (χ2v) is 9.77. The summed E-state index contributed by atoms with van der Waals surface area (Å²) in [5.41, 5.74) is -0.944. The fourth-order valence-electron chi connectivity index (χ4n) is 4.85. The molecule has 3 heterocycles. The molecule has 4 aromatic rings. The van der Waals surface area contributed by atoms with Crippen molar-refractivity contribution in [1.29, 1.82) is 0 Å². The normalized spacial score (nSPS) is 18.7. The largest absolute Gasteiger partial charge is 0.418 e. The van der Waals surface area contributed by atoms with Gasteiger partial charge in [-0.1, -0.05) is 6.07 Å². The van der Waals surface area contributed by atoms with Gasteiger partial charge in [-0.25, -0.2) is 9.97 Å². The molecule has 0 amide bonds. The first-order valence-corrected chi connectivity index (χ1v) is 12.5. The van der Waals surface area contributed by atoms with E-state index in [1.807, 2.05) is 13.8 Å². The van der Waals surface area contributed by atoms with Crippen molar-refractivity contribution in [2.45, 2.75) is 45.0 Å². The third-order valence-corrected chi connectivity index (χ3v) is 6.46. The summed E-state index contributed by atoms with van der Waals surface area (Å²) in [6.45, 7) is 5.53. The minimum Gasteiger partial charge on any atom is -0.373 e. The van der Waals surface area contributed by atoms with Crippen LogP contribution in [-0.4, -0.2) is 45.1 Å². The van der Waals surface area contributed by atoms with Crippen molar-refractivity contribution in [3.05, 3.63) is 77.7 Å². The molecule has 1 N–H and O–H groups in total. The van der Waals surface area contributed by atoms with Gasteiger partial charge in [0, 0.05) is 35.9 Å². The Bertz CT molecular complexity index is 1500. The Labute approximate surface area is 226 Å². The first-order chi connectivity index (χ1) is 18.9. The monoisotopic (exact) mass is 561 g/mol. The number of nitrogens with zero attached hydrogens (tertiary/aromatic N) is 4. The van der Waals surface area contributed by atoms with Gasteiger partial charge in [0.2, 0.25) is 0 Å². The van der Waals surface area contributed by atoms with Crippen LogP contribution in [0.1, 0.15) is 30.8 Å². The highest BCUT2D eigenvalue weighted by Crippen LogP contribution is 2.37. The first kappa shape index (κ1) is 27.8. The molecular formula is C28H25F6N5O. The number of pyridine rings is 1. The van der Waals surface area contributed by atoms with Gasteiger partial charge in [0.05, 0.1) is 41.1 Å². The van der Waals surface area contributed by atoms with Crippen LogP contribution in [0.3, 0.4) is 0 Å². The minimum absolute atomic E-state index is 0.00880. The van der Waals surface area contributed by atoms with Crippen LogP contribution in [0, 0.1) is 0 Å². The van der Waals surface area contributed by atoms with Gasteiger partial charge in [-0.2, -0.15) is 26.3 Å². The Hall–Kier alpha value is -3.77. The van der Waals surface area contributed by atoms with Crippen molar-refractivity contribution in [3.63, 3.8) is 0 Å². The predicted octanol–water partition coefficient (Wildman–Crippen LogP) is 7.08. The summed E-state index contributed by atoms with van der Waals surface area (Å²) < 4.78 is 85.9. The molecule has 0 unspecified atom stereocenters. The van der Waals surface area contributed by atoms with E-state index in [4.69, 9.17) is 4.74 Å². The van der Waals surface area contributed by atoms with Gasteiger partial charge in [-0.05, 0) is 62.4 Å². The predicted molar refractivity (Wildman–Crippen MR) is 138 cm³/mol. The Morgan fingerprint density at radius 2 is 1.60 bits per heavy atom. The number of fused-ring (bicyclic) bond motifs is 1. The number of hydrogen-bond donors (Lipinski definition) is 1. The van der Waals surface area contributed by atoms with Crippen LogP contribution >= 0.6 is 0 Å². The average molecular weight is 562 g/mol. The number of alkyl halides is 6. The number of hydrogen-bond acceptors (Lipinski definition) is 6. The Balaban J connectivity index is 1.57. The van der Waals surface area contributed by atoms with Gasteiger partial charge >= 0.3 is 12.4 Å². The van der Waals surface area contributed by atoms with Gasteiger partial charge in [-0.3, -0.25) is 9.88 Å². The molecule has 12 heteroatoms. The number of benzene rings is 2. The molecule has 5 rings (SSSR count). The van der Waals surface area contributed by atoms with E-state index in [1.165, 1.54) is 36.5 Å². The third kappa shape index (κ3) is 6.18. The van der Waals surface area contributed by atoms with Crippen LogP contribution in [0.2, 0.25) is 0 Å². The molecule has 6 nitrogen and oxygen atoms in total. The fraction of sp³-hybridized carbons (Fsp3) is 0.321. The summed E-state index contributed by atoms with van der Waals surface area (Å²) in [6.07, 6.45) is -7.81. The summed E-state index contributed by atoms with van der Waals surface area (Å²) in [7, 11) is 0. The number of rotatable bonds is 5. The van der Waals surface area contributed by atoms with Gasteiger partial charge in [0.1, 0.15) is 11.6 Å². The topological polar surface area (TPSA) is 63.2 Å². The average Bonchev–Trinajstić information content (AvgIpc) is 2.87.